The second-order valence-electron chi connectivity index (χ2n) is 4.28. The molecule has 1 aliphatic heterocycles. The van der Waals surface area contributed by atoms with Crippen LogP contribution >= 0.6 is 12.4 Å². The predicted molar refractivity (Wildman–Crippen MR) is 50.6 cm³/mol. The third-order valence-electron chi connectivity index (χ3n) is 3.37. The summed E-state index contributed by atoms with van der Waals surface area (Å²) in [6.45, 7) is 1.98. The minimum atomic E-state index is -2.37. The standard InChI is InChI=1S/C9H15F2N.ClH/c10-9(11)3-1-8(2-4-9)5-6-12-7-8;/h12H,1-7H2;1H. The van der Waals surface area contributed by atoms with Crippen LogP contribution < -0.4 is 5.32 Å². The van der Waals surface area contributed by atoms with E-state index in [-0.39, 0.29) is 30.7 Å². The van der Waals surface area contributed by atoms with Crippen LogP contribution in [0.5, 0.6) is 0 Å². The molecule has 1 N–H and O–H groups in total. The van der Waals surface area contributed by atoms with E-state index < -0.39 is 5.92 Å². The van der Waals surface area contributed by atoms with Gasteiger partial charge in [0.2, 0.25) is 5.92 Å². The van der Waals surface area contributed by atoms with Crippen molar-refractivity contribution >= 4 is 12.4 Å². The van der Waals surface area contributed by atoms with Crippen LogP contribution in [0.1, 0.15) is 32.1 Å². The van der Waals surface area contributed by atoms with E-state index in [4.69, 9.17) is 0 Å². The van der Waals surface area contributed by atoms with Crippen LogP contribution in [0.25, 0.3) is 0 Å². The van der Waals surface area contributed by atoms with E-state index >= 15 is 0 Å². The Morgan fingerprint density at radius 3 is 2.00 bits per heavy atom. The molecule has 0 unspecified atom stereocenters. The Bertz CT molecular complexity index is 166. The van der Waals surface area contributed by atoms with Gasteiger partial charge in [-0.1, -0.05) is 0 Å². The maximum absolute atomic E-state index is 12.8. The van der Waals surface area contributed by atoms with Crippen LogP contribution in [0.4, 0.5) is 8.78 Å². The van der Waals surface area contributed by atoms with Crippen molar-refractivity contribution in [2.24, 2.45) is 5.41 Å². The lowest BCUT2D eigenvalue weighted by molar-refractivity contribution is -0.0630. The van der Waals surface area contributed by atoms with Crippen LogP contribution in [0, 0.1) is 5.41 Å². The Balaban J connectivity index is 0.000000845. The lowest BCUT2D eigenvalue weighted by Crippen LogP contribution is -2.34. The van der Waals surface area contributed by atoms with Crippen LogP contribution in [0.3, 0.4) is 0 Å². The molecule has 2 fully saturated rings. The molecule has 0 bridgehead atoms. The lowest BCUT2D eigenvalue weighted by Gasteiger charge is -2.36. The minimum absolute atomic E-state index is 0. The third kappa shape index (κ3) is 2.32. The van der Waals surface area contributed by atoms with E-state index in [0.29, 0.717) is 12.8 Å². The van der Waals surface area contributed by atoms with E-state index in [1.54, 1.807) is 0 Å². The van der Waals surface area contributed by atoms with Gasteiger partial charge in [-0.3, -0.25) is 0 Å². The van der Waals surface area contributed by atoms with E-state index in [1.807, 2.05) is 0 Å². The summed E-state index contributed by atoms with van der Waals surface area (Å²) < 4.78 is 25.6. The lowest BCUT2D eigenvalue weighted by atomic mass is 9.72. The Morgan fingerprint density at radius 1 is 0.923 bits per heavy atom. The van der Waals surface area contributed by atoms with Gasteiger partial charge in [-0.05, 0) is 31.2 Å². The van der Waals surface area contributed by atoms with Crippen molar-refractivity contribution in [1.82, 2.24) is 5.32 Å². The number of nitrogens with one attached hydrogen (secondary N) is 1. The molecule has 0 radical (unpaired) electrons. The van der Waals surface area contributed by atoms with Crippen molar-refractivity contribution in [3.05, 3.63) is 0 Å². The average Bonchev–Trinajstić information content (AvgIpc) is 2.46. The number of halogens is 3. The topological polar surface area (TPSA) is 12.0 Å². The Kier molecular flexibility index (Phi) is 3.18. The highest BCUT2D eigenvalue weighted by molar-refractivity contribution is 5.85. The van der Waals surface area contributed by atoms with Gasteiger partial charge < -0.3 is 5.32 Å². The maximum atomic E-state index is 12.8. The molecule has 1 saturated carbocycles. The molecule has 2 rings (SSSR count). The fraction of sp³-hybridized carbons (Fsp3) is 1.00. The van der Waals surface area contributed by atoms with E-state index in [2.05, 4.69) is 5.32 Å². The number of rotatable bonds is 0. The Labute approximate surface area is 83.7 Å². The monoisotopic (exact) mass is 211 g/mol. The summed E-state index contributed by atoms with van der Waals surface area (Å²) >= 11 is 0. The van der Waals surface area contributed by atoms with Gasteiger partial charge in [-0.25, -0.2) is 8.78 Å². The molecular weight excluding hydrogens is 196 g/mol. The zero-order valence-corrected chi connectivity index (χ0v) is 8.43. The summed E-state index contributed by atoms with van der Waals surface area (Å²) in [5.41, 5.74) is 0.238. The summed E-state index contributed by atoms with van der Waals surface area (Å²) in [6.07, 6.45) is 2.74. The van der Waals surface area contributed by atoms with Crippen molar-refractivity contribution < 1.29 is 8.78 Å². The number of alkyl halides is 2. The first-order valence-corrected chi connectivity index (χ1v) is 4.71. The van der Waals surface area contributed by atoms with Gasteiger partial charge in [0, 0.05) is 19.4 Å². The molecule has 78 valence electrons. The predicted octanol–water partition coefficient (Wildman–Crippen LogP) is 2.60. The van der Waals surface area contributed by atoms with Gasteiger partial charge in [0.25, 0.3) is 0 Å². The summed E-state index contributed by atoms with van der Waals surface area (Å²) in [7, 11) is 0. The molecule has 0 amide bonds. The zero-order valence-electron chi connectivity index (χ0n) is 7.61. The first kappa shape index (κ1) is 11.2. The van der Waals surface area contributed by atoms with E-state index in [0.717, 1.165) is 19.5 Å². The highest BCUT2D eigenvalue weighted by Crippen LogP contribution is 2.46. The largest absolute Gasteiger partial charge is 0.316 e. The molecule has 2 aliphatic rings. The highest BCUT2D eigenvalue weighted by Gasteiger charge is 2.44. The van der Waals surface area contributed by atoms with Gasteiger partial charge in [0.15, 0.2) is 0 Å². The van der Waals surface area contributed by atoms with Gasteiger partial charge in [0.1, 0.15) is 0 Å². The summed E-state index contributed by atoms with van der Waals surface area (Å²) in [4.78, 5) is 0. The number of hydrogen-bond donors (Lipinski definition) is 1. The molecule has 13 heavy (non-hydrogen) atoms. The number of hydrogen-bond acceptors (Lipinski definition) is 1. The fourth-order valence-corrected chi connectivity index (χ4v) is 2.37. The molecule has 1 nitrogen and oxygen atoms in total. The maximum Gasteiger partial charge on any atom is 0.248 e. The second-order valence-corrected chi connectivity index (χ2v) is 4.28. The van der Waals surface area contributed by atoms with Crippen molar-refractivity contribution in [3.8, 4) is 0 Å². The molecule has 0 aromatic carbocycles. The first-order valence-electron chi connectivity index (χ1n) is 4.71. The van der Waals surface area contributed by atoms with Crippen molar-refractivity contribution in [3.63, 3.8) is 0 Å². The van der Waals surface area contributed by atoms with E-state index in [9.17, 15) is 8.78 Å². The van der Waals surface area contributed by atoms with Crippen LogP contribution in [0.15, 0.2) is 0 Å². The third-order valence-corrected chi connectivity index (χ3v) is 3.37. The Morgan fingerprint density at radius 2 is 1.54 bits per heavy atom. The van der Waals surface area contributed by atoms with Crippen molar-refractivity contribution in [1.29, 1.82) is 0 Å². The first-order chi connectivity index (χ1) is 5.62. The van der Waals surface area contributed by atoms with Crippen LogP contribution in [-0.4, -0.2) is 19.0 Å². The second kappa shape index (κ2) is 3.70. The van der Waals surface area contributed by atoms with Gasteiger partial charge in [-0.15, -0.1) is 12.4 Å². The molecule has 0 atom stereocenters. The molecule has 0 aromatic rings. The molecule has 1 aliphatic carbocycles. The molecular formula is C9H16ClF2N. The van der Waals surface area contributed by atoms with Crippen molar-refractivity contribution in [2.45, 2.75) is 38.0 Å². The Hall–Kier alpha value is 0.110. The van der Waals surface area contributed by atoms with Gasteiger partial charge in [0.05, 0.1) is 0 Å². The van der Waals surface area contributed by atoms with Gasteiger partial charge in [-0.2, -0.15) is 0 Å². The SMILES string of the molecule is Cl.FC1(F)CCC2(CCNC2)CC1. The zero-order chi connectivity index (χ0) is 8.66. The molecule has 1 saturated heterocycles. The van der Waals surface area contributed by atoms with E-state index in [1.165, 1.54) is 0 Å². The van der Waals surface area contributed by atoms with Crippen LogP contribution in [-0.2, 0) is 0 Å². The summed E-state index contributed by atoms with van der Waals surface area (Å²) in [5.74, 6) is -2.37. The summed E-state index contributed by atoms with van der Waals surface area (Å²) in [5, 5.41) is 3.27. The normalized spacial score (nSPS) is 30.0. The quantitative estimate of drug-likeness (QED) is 0.650. The minimum Gasteiger partial charge on any atom is -0.316 e. The van der Waals surface area contributed by atoms with Gasteiger partial charge >= 0.3 is 0 Å². The van der Waals surface area contributed by atoms with Crippen molar-refractivity contribution in [2.75, 3.05) is 13.1 Å². The summed E-state index contributed by atoms with van der Waals surface area (Å²) in [6, 6.07) is 0. The molecule has 4 heteroatoms. The average molecular weight is 212 g/mol. The molecule has 0 aromatic heterocycles. The molecule has 1 heterocycles. The smallest absolute Gasteiger partial charge is 0.248 e. The van der Waals surface area contributed by atoms with Crippen LogP contribution in [0.2, 0.25) is 0 Å². The molecule has 1 spiro atoms. The fourth-order valence-electron chi connectivity index (χ4n) is 2.37. The highest BCUT2D eigenvalue weighted by atomic mass is 35.5.